The van der Waals surface area contributed by atoms with Crippen molar-refractivity contribution in [3.8, 4) is 0 Å². The number of carbonyl (C=O) groups excluding carboxylic acids is 3. The number of rotatable bonds is 3. The Balaban J connectivity index is 2.60. The number of ether oxygens (including phenoxy) is 3. The van der Waals surface area contributed by atoms with Gasteiger partial charge in [0.15, 0.2) is 0 Å². The summed E-state index contributed by atoms with van der Waals surface area (Å²) in [7, 11) is 2.47. The van der Waals surface area contributed by atoms with Crippen molar-refractivity contribution < 1.29 is 28.6 Å². The zero-order chi connectivity index (χ0) is 17.4. The summed E-state index contributed by atoms with van der Waals surface area (Å²) in [5, 5.41) is 0. The van der Waals surface area contributed by atoms with Gasteiger partial charge in [0.05, 0.1) is 25.4 Å². The molecule has 2 bridgehead atoms. The predicted molar refractivity (Wildman–Crippen MR) is 81.2 cm³/mol. The molecule has 0 aromatic heterocycles. The van der Waals surface area contributed by atoms with Crippen LogP contribution in [-0.4, -0.2) is 37.7 Å². The number of esters is 3. The van der Waals surface area contributed by atoms with Gasteiger partial charge >= 0.3 is 17.9 Å². The van der Waals surface area contributed by atoms with E-state index < -0.39 is 28.9 Å². The van der Waals surface area contributed by atoms with Crippen molar-refractivity contribution in [2.24, 2.45) is 11.3 Å². The Bertz CT molecular complexity index is 607. The summed E-state index contributed by atoms with van der Waals surface area (Å²) in [4.78, 5) is 37.3. The zero-order valence-electron chi connectivity index (χ0n) is 14.1. The first-order valence-electron chi connectivity index (χ1n) is 7.50. The average Bonchev–Trinajstić information content (AvgIpc) is 2.51. The third-order valence-corrected chi connectivity index (χ3v) is 4.11. The molecule has 0 fully saturated rings. The third-order valence-electron chi connectivity index (χ3n) is 4.11. The van der Waals surface area contributed by atoms with Gasteiger partial charge in [-0.05, 0) is 33.6 Å². The van der Waals surface area contributed by atoms with Crippen LogP contribution < -0.4 is 0 Å². The first kappa shape index (κ1) is 17.2. The molecular formula is C17H22O6. The number of fused-ring (bicyclic) bond motifs is 1. The van der Waals surface area contributed by atoms with Crippen LogP contribution in [0.4, 0.5) is 0 Å². The lowest BCUT2D eigenvalue weighted by atomic mass is 9.61. The molecule has 0 aromatic carbocycles. The predicted octanol–water partition coefficient (Wildman–Crippen LogP) is 1.94. The van der Waals surface area contributed by atoms with Crippen LogP contribution in [0, 0.1) is 11.3 Å². The summed E-state index contributed by atoms with van der Waals surface area (Å²) < 4.78 is 15.1. The molecule has 0 aromatic rings. The maximum Gasteiger partial charge on any atom is 0.335 e. The molecule has 23 heavy (non-hydrogen) atoms. The molecule has 0 radical (unpaired) electrons. The Labute approximate surface area is 135 Å². The van der Waals surface area contributed by atoms with E-state index in [0.717, 1.165) is 0 Å². The molecule has 0 spiro atoms. The number of hydrogen-bond acceptors (Lipinski definition) is 6. The van der Waals surface area contributed by atoms with Crippen LogP contribution in [0.15, 0.2) is 23.3 Å². The van der Waals surface area contributed by atoms with E-state index in [1.54, 1.807) is 32.9 Å². The highest BCUT2D eigenvalue weighted by atomic mass is 16.6. The first-order valence-corrected chi connectivity index (χ1v) is 7.50. The lowest BCUT2D eigenvalue weighted by molar-refractivity contribution is -0.165. The summed E-state index contributed by atoms with van der Waals surface area (Å²) in [6.45, 7) is 5.26. The number of methoxy groups -OCH3 is 2. The molecule has 126 valence electrons. The Morgan fingerprint density at radius 2 is 1.74 bits per heavy atom. The minimum Gasteiger partial charge on any atom is -0.466 e. The zero-order valence-corrected chi connectivity index (χ0v) is 14.1. The Kier molecular flexibility index (Phi) is 4.37. The minimum atomic E-state index is -1.29. The van der Waals surface area contributed by atoms with Gasteiger partial charge in [0.2, 0.25) is 0 Å². The molecule has 2 atom stereocenters. The summed E-state index contributed by atoms with van der Waals surface area (Å²) in [6, 6.07) is 0. The molecule has 3 rings (SSSR count). The number of allylic oxidation sites excluding steroid dienone is 1. The molecule has 6 nitrogen and oxygen atoms in total. The summed E-state index contributed by atoms with van der Waals surface area (Å²) in [6.07, 6.45) is 4.40. The minimum absolute atomic E-state index is 0.0415. The molecule has 0 unspecified atom stereocenters. The van der Waals surface area contributed by atoms with E-state index in [1.165, 1.54) is 14.2 Å². The largest absolute Gasteiger partial charge is 0.466 e. The second kappa shape index (κ2) is 5.83. The van der Waals surface area contributed by atoms with Crippen molar-refractivity contribution in [2.45, 2.75) is 39.2 Å². The van der Waals surface area contributed by atoms with Crippen LogP contribution in [0.1, 0.15) is 33.6 Å². The SMILES string of the molecule is COC(=O)C1=C(C(=O)OC)[C@@]2(C(=O)OC(C)(C)C)C=C[C@@H]1CC2. The Hall–Kier alpha value is -2.11. The molecule has 6 heteroatoms. The van der Waals surface area contributed by atoms with Crippen LogP contribution in [-0.2, 0) is 28.6 Å². The van der Waals surface area contributed by atoms with Gasteiger partial charge in [0.1, 0.15) is 11.0 Å². The summed E-state index contributed by atoms with van der Waals surface area (Å²) >= 11 is 0. The molecule has 0 heterocycles. The fourth-order valence-corrected chi connectivity index (χ4v) is 3.12. The van der Waals surface area contributed by atoms with E-state index in [1.807, 2.05) is 0 Å². The molecule has 0 saturated heterocycles. The van der Waals surface area contributed by atoms with Crippen LogP contribution in [0.2, 0.25) is 0 Å². The van der Waals surface area contributed by atoms with E-state index in [-0.39, 0.29) is 17.1 Å². The lowest BCUT2D eigenvalue weighted by Crippen LogP contribution is -2.47. The smallest absolute Gasteiger partial charge is 0.335 e. The van der Waals surface area contributed by atoms with Gasteiger partial charge in [0.25, 0.3) is 0 Å². The van der Waals surface area contributed by atoms with Gasteiger partial charge in [-0.3, -0.25) is 4.79 Å². The van der Waals surface area contributed by atoms with Crippen molar-refractivity contribution >= 4 is 17.9 Å². The third kappa shape index (κ3) is 2.90. The highest BCUT2D eigenvalue weighted by Crippen LogP contribution is 2.51. The van der Waals surface area contributed by atoms with Gasteiger partial charge < -0.3 is 14.2 Å². The Morgan fingerprint density at radius 3 is 2.17 bits per heavy atom. The van der Waals surface area contributed by atoms with E-state index in [0.29, 0.717) is 12.8 Å². The average molecular weight is 322 g/mol. The molecule has 0 saturated carbocycles. The van der Waals surface area contributed by atoms with E-state index in [9.17, 15) is 14.4 Å². The summed E-state index contributed by atoms with van der Waals surface area (Å²) in [5.74, 6) is -2.13. The molecular weight excluding hydrogens is 300 g/mol. The van der Waals surface area contributed by atoms with Gasteiger partial charge in [0, 0.05) is 5.92 Å². The maximum atomic E-state index is 12.8. The molecule has 3 aliphatic rings. The van der Waals surface area contributed by atoms with Crippen molar-refractivity contribution in [3.63, 3.8) is 0 Å². The molecule has 3 aliphatic carbocycles. The highest BCUT2D eigenvalue weighted by Gasteiger charge is 2.54. The lowest BCUT2D eigenvalue weighted by Gasteiger charge is -2.42. The van der Waals surface area contributed by atoms with Crippen LogP contribution in [0.25, 0.3) is 0 Å². The Morgan fingerprint density at radius 1 is 1.13 bits per heavy atom. The molecule has 0 amide bonds. The number of carbonyl (C=O) groups is 3. The van der Waals surface area contributed by atoms with Gasteiger partial charge in [-0.25, -0.2) is 9.59 Å². The van der Waals surface area contributed by atoms with Crippen molar-refractivity contribution in [1.29, 1.82) is 0 Å². The first-order chi connectivity index (χ1) is 10.7. The topological polar surface area (TPSA) is 78.9 Å². The highest BCUT2D eigenvalue weighted by molar-refractivity contribution is 6.08. The fourth-order valence-electron chi connectivity index (χ4n) is 3.12. The summed E-state index contributed by atoms with van der Waals surface area (Å²) in [5.41, 5.74) is -1.77. The van der Waals surface area contributed by atoms with Gasteiger partial charge in [-0.15, -0.1) is 0 Å². The fraction of sp³-hybridized carbons (Fsp3) is 0.588. The number of hydrogen-bond donors (Lipinski definition) is 0. The maximum absolute atomic E-state index is 12.8. The monoisotopic (exact) mass is 322 g/mol. The molecule has 0 N–H and O–H groups in total. The van der Waals surface area contributed by atoms with Crippen molar-refractivity contribution in [2.75, 3.05) is 14.2 Å². The molecule has 0 aliphatic heterocycles. The van der Waals surface area contributed by atoms with E-state index in [2.05, 4.69) is 0 Å². The van der Waals surface area contributed by atoms with Crippen LogP contribution >= 0.6 is 0 Å². The van der Waals surface area contributed by atoms with E-state index >= 15 is 0 Å². The van der Waals surface area contributed by atoms with Crippen molar-refractivity contribution in [3.05, 3.63) is 23.3 Å². The second-order valence-electron chi connectivity index (χ2n) is 6.75. The van der Waals surface area contributed by atoms with E-state index in [4.69, 9.17) is 14.2 Å². The standard InChI is InChI=1S/C17H22O6/c1-16(2,3)23-15(20)17-8-6-10(7-9-17)11(13(18)21-4)12(17)14(19)22-5/h6,8,10H,7,9H2,1-5H3/t10-,17-/m1/s1. The second-order valence-corrected chi connectivity index (χ2v) is 6.75. The van der Waals surface area contributed by atoms with Gasteiger partial charge in [-0.2, -0.15) is 0 Å². The normalized spacial score (nSPS) is 26.0. The van der Waals surface area contributed by atoms with Crippen molar-refractivity contribution in [1.82, 2.24) is 0 Å². The quantitative estimate of drug-likeness (QED) is 0.449. The van der Waals surface area contributed by atoms with Crippen LogP contribution in [0.3, 0.4) is 0 Å². The van der Waals surface area contributed by atoms with Crippen LogP contribution in [0.5, 0.6) is 0 Å². The van der Waals surface area contributed by atoms with Gasteiger partial charge in [-0.1, -0.05) is 12.2 Å².